The van der Waals surface area contributed by atoms with E-state index in [2.05, 4.69) is 30.6 Å². The lowest BCUT2D eigenvalue weighted by Crippen LogP contribution is -2.26. The molecular weight excluding hydrogens is 304 g/mol. The summed E-state index contributed by atoms with van der Waals surface area (Å²) in [7, 11) is 0. The molecule has 25 heavy (non-hydrogen) atoms. The van der Waals surface area contributed by atoms with Gasteiger partial charge in [-0.25, -0.2) is 0 Å². The molecule has 0 aromatic carbocycles. The predicted molar refractivity (Wildman–Crippen MR) is 113 cm³/mol. The average molecular weight is 353 g/mol. The number of hydrogen-bond donors (Lipinski definition) is 0. The van der Waals surface area contributed by atoms with Gasteiger partial charge < -0.3 is 0 Å². The minimum atomic E-state index is 0.895. The molecule has 150 valence electrons. The molecule has 1 aliphatic rings. The Morgan fingerprint density at radius 3 is 1.48 bits per heavy atom. The van der Waals surface area contributed by atoms with Crippen LogP contribution in [0, 0.1) is 5.92 Å². The fraction of sp³-hybridized carbons (Fsp3) is 1.00. The van der Waals surface area contributed by atoms with Gasteiger partial charge in [-0.2, -0.15) is 0 Å². The van der Waals surface area contributed by atoms with Gasteiger partial charge in [0.05, 0.1) is 6.67 Å². The van der Waals surface area contributed by atoms with Crippen LogP contribution in [-0.4, -0.2) is 42.6 Å². The first-order valence-corrected chi connectivity index (χ1v) is 11.7. The van der Waals surface area contributed by atoms with Gasteiger partial charge in [0, 0.05) is 13.1 Å². The highest BCUT2D eigenvalue weighted by Crippen LogP contribution is 2.14. The van der Waals surface area contributed by atoms with E-state index in [9.17, 15) is 0 Å². The van der Waals surface area contributed by atoms with Crippen LogP contribution >= 0.6 is 0 Å². The van der Waals surface area contributed by atoms with E-state index in [4.69, 9.17) is 0 Å². The van der Waals surface area contributed by atoms with Crippen LogP contribution in [-0.2, 0) is 0 Å². The first-order chi connectivity index (χ1) is 12.2. The summed E-state index contributed by atoms with van der Waals surface area (Å²) in [6.07, 6.45) is 20.5. The van der Waals surface area contributed by atoms with Crippen molar-refractivity contribution in [2.24, 2.45) is 5.92 Å². The second kappa shape index (κ2) is 16.1. The second-order valence-electron chi connectivity index (χ2n) is 8.75. The monoisotopic (exact) mass is 352 g/mol. The molecule has 0 aliphatic carbocycles. The molecule has 0 aromatic heterocycles. The maximum atomic E-state index is 2.63. The molecule has 0 amide bonds. The smallest absolute Gasteiger partial charge is 0.0507 e. The Labute approximate surface area is 159 Å². The van der Waals surface area contributed by atoms with Crippen molar-refractivity contribution in [1.29, 1.82) is 0 Å². The molecule has 0 saturated carbocycles. The Bertz CT molecular complexity index is 277. The van der Waals surface area contributed by atoms with E-state index < -0.39 is 0 Å². The Hall–Kier alpha value is -0.0800. The zero-order valence-corrected chi connectivity index (χ0v) is 17.9. The molecule has 0 N–H and O–H groups in total. The van der Waals surface area contributed by atoms with Gasteiger partial charge in [-0.15, -0.1) is 0 Å². The lowest BCUT2D eigenvalue weighted by molar-refractivity contribution is 0.249. The Balaban J connectivity index is 1.70. The summed E-state index contributed by atoms with van der Waals surface area (Å²) in [5, 5.41) is 0. The summed E-state index contributed by atoms with van der Waals surface area (Å²) >= 11 is 0. The van der Waals surface area contributed by atoms with Crippen molar-refractivity contribution in [3.63, 3.8) is 0 Å². The van der Waals surface area contributed by atoms with Gasteiger partial charge >= 0.3 is 0 Å². The summed E-state index contributed by atoms with van der Waals surface area (Å²) in [6.45, 7) is 13.3. The molecular formula is C23H48N2. The van der Waals surface area contributed by atoms with Crippen molar-refractivity contribution >= 4 is 0 Å². The van der Waals surface area contributed by atoms with Gasteiger partial charge in [0.25, 0.3) is 0 Å². The van der Waals surface area contributed by atoms with Crippen LogP contribution in [0.25, 0.3) is 0 Å². The molecule has 1 fully saturated rings. The molecule has 1 heterocycles. The number of rotatable bonds is 17. The quantitative estimate of drug-likeness (QED) is 0.269. The van der Waals surface area contributed by atoms with Gasteiger partial charge in [0.2, 0.25) is 0 Å². The van der Waals surface area contributed by atoms with E-state index in [1.165, 1.54) is 123 Å². The van der Waals surface area contributed by atoms with Crippen LogP contribution < -0.4 is 0 Å². The Morgan fingerprint density at radius 2 is 1.04 bits per heavy atom. The van der Waals surface area contributed by atoms with E-state index in [-0.39, 0.29) is 0 Å². The first kappa shape index (κ1) is 23.0. The summed E-state index contributed by atoms with van der Waals surface area (Å²) in [4.78, 5) is 5.18. The topological polar surface area (TPSA) is 6.48 Å². The van der Waals surface area contributed by atoms with Crippen molar-refractivity contribution in [3.05, 3.63) is 0 Å². The zero-order chi connectivity index (χ0) is 18.2. The van der Waals surface area contributed by atoms with E-state index >= 15 is 0 Å². The molecule has 2 heteroatoms. The standard InChI is InChI=1S/C23H48N2/c1-4-24-20-21-25(22-24)19-17-15-13-11-9-7-5-6-8-10-12-14-16-18-23(2)3/h23H,4-22H2,1-3H3. The van der Waals surface area contributed by atoms with Crippen LogP contribution in [0.3, 0.4) is 0 Å². The third-order valence-electron chi connectivity index (χ3n) is 5.84. The molecule has 0 bridgehead atoms. The van der Waals surface area contributed by atoms with Gasteiger partial charge in [-0.3, -0.25) is 9.80 Å². The van der Waals surface area contributed by atoms with E-state index in [0.29, 0.717) is 0 Å². The van der Waals surface area contributed by atoms with Gasteiger partial charge in [-0.1, -0.05) is 104 Å². The van der Waals surface area contributed by atoms with E-state index in [1.54, 1.807) is 0 Å². The molecule has 1 saturated heterocycles. The number of likely N-dealkylation sites (N-methyl/N-ethyl adjacent to an activating group) is 1. The summed E-state index contributed by atoms with van der Waals surface area (Å²) in [5.41, 5.74) is 0. The summed E-state index contributed by atoms with van der Waals surface area (Å²) in [6, 6.07) is 0. The van der Waals surface area contributed by atoms with Gasteiger partial charge in [0.15, 0.2) is 0 Å². The molecule has 0 atom stereocenters. The fourth-order valence-electron chi connectivity index (χ4n) is 3.98. The fourth-order valence-corrected chi connectivity index (χ4v) is 3.98. The minimum absolute atomic E-state index is 0.895. The van der Waals surface area contributed by atoms with Crippen LogP contribution in [0.5, 0.6) is 0 Å². The molecule has 1 aliphatic heterocycles. The van der Waals surface area contributed by atoms with Gasteiger partial charge in [-0.05, 0) is 25.4 Å². The van der Waals surface area contributed by atoms with Crippen molar-refractivity contribution < 1.29 is 0 Å². The minimum Gasteiger partial charge on any atom is -0.289 e. The van der Waals surface area contributed by atoms with E-state index in [1.807, 2.05) is 0 Å². The van der Waals surface area contributed by atoms with Crippen molar-refractivity contribution in [3.8, 4) is 0 Å². The average Bonchev–Trinajstić information content (AvgIpc) is 3.06. The lowest BCUT2D eigenvalue weighted by Gasteiger charge is -2.16. The number of nitrogens with zero attached hydrogens (tertiary/aromatic N) is 2. The highest BCUT2D eigenvalue weighted by atomic mass is 15.4. The normalized spacial score (nSPS) is 16.3. The second-order valence-corrected chi connectivity index (χ2v) is 8.75. The first-order valence-electron chi connectivity index (χ1n) is 11.7. The molecule has 2 nitrogen and oxygen atoms in total. The van der Waals surface area contributed by atoms with Crippen LogP contribution in [0.2, 0.25) is 0 Å². The molecule has 0 radical (unpaired) electrons. The summed E-state index contributed by atoms with van der Waals surface area (Å²) < 4.78 is 0. The Morgan fingerprint density at radius 1 is 0.600 bits per heavy atom. The van der Waals surface area contributed by atoms with Crippen molar-refractivity contribution in [2.45, 2.75) is 111 Å². The predicted octanol–water partition coefficient (Wildman–Crippen LogP) is 6.70. The molecule has 1 rings (SSSR count). The lowest BCUT2D eigenvalue weighted by atomic mass is 10.0. The molecule has 0 aromatic rings. The molecule has 0 spiro atoms. The zero-order valence-electron chi connectivity index (χ0n) is 17.9. The third kappa shape index (κ3) is 13.7. The summed E-state index contributed by atoms with van der Waals surface area (Å²) in [5.74, 6) is 0.895. The molecule has 0 unspecified atom stereocenters. The SMILES string of the molecule is CCN1CCN(CCCCCCCCCCCCCCCC(C)C)C1. The largest absolute Gasteiger partial charge is 0.289 e. The van der Waals surface area contributed by atoms with Gasteiger partial charge in [0.1, 0.15) is 0 Å². The van der Waals surface area contributed by atoms with Crippen LogP contribution in [0.4, 0.5) is 0 Å². The number of hydrogen-bond acceptors (Lipinski definition) is 2. The van der Waals surface area contributed by atoms with Crippen molar-refractivity contribution in [1.82, 2.24) is 9.80 Å². The maximum absolute atomic E-state index is 2.63. The number of unbranched alkanes of at least 4 members (excludes halogenated alkanes) is 12. The van der Waals surface area contributed by atoms with Crippen LogP contribution in [0.1, 0.15) is 111 Å². The highest BCUT2D eigenvalue weighted by molar-refractivity contribution is 4.69. The Kier molecular flexibility index (Phi) is 14.8. The van der Waals surface area contributed by atoms with Crippen molar-refractivity contribution in [2.75, 3.05) is 32.8 Å². The third-order valence-corrected chi connectivity index (χ3v) is 5.84. The maximum Gasteiger partial charge on any atom is 0.0507 e. The van der Waals surface area contributed by atoms with Crippen LogP contribution in [0.15, 0.2) is 0 Å². The highest BCUT2D eigenvalue weighted by Gasteiger charge is 2.16. The van der Waals surface area contributed by atoms with E-state index in [0.717, 1.165) is 5.92 Å².